The van der Waals surface area contributed by atoms with Crippen LogP contribution in [0.2, 0.25) is 0 Å². The number of benzene rings is 1. The van der Waals surface area contributed by atoms with E-state index < -0.39 is 5.97 Å². The van der Waals surface area contributed by atoms with Gasteiger partial charge in [-0.2, -0.15) is 0 Å². The van der Waals surface area contributed by atoms with E-state index in [1.165, 1.54) is 0 Å². The average molecular weight is 264 g/mol. The van der Waals surface area contributed by atoms with Crippen LogP contribution in [0.5, 0.6) is 0 Å². The number of carboxylic acid groups (broad SMARTS) is 1. The van der Waals surface area contributed by atoms with E-state index in [1.807, 2.05) is 6.07 Å². The number of carbonyl (C=O) groups is 1. The minimum atomic E-state index is -0.931. The number of hydrogen-bond donors (Lipinski definition) is 3. The molecule has 0 aliphatic carbocycles. The second kappa shape index (κ2) is 5.61. The Morgan fingerprint density at radius 3 is 2.89 bits per heavy atom. The molecule has 2 aromatic rings. The molecular formula is C12H12N2O3S. The van der Waals surface area contributed by atoms with Gasteiger partial charge >= 0.3 is 10.8 Å². The number of rotatable bonds is 5. The summed E-state index contributed by atoms with van der Waals surface area (Å²) < 4.78 is 0. The van der Waals surface area contributed by atoms with Gasteiger partial charge in [0.05, 0.1) is 5.56 Å². The van der Waals surface area contributed by atoms with Gasteiger partial charge in [-0.15, -0.1) is 0 Å². The molecular weight excluding hydrogens is 252 g/mol. The Morgan fingerprint density at radius 2 is 2.22 bits per heavy atom. The van der Waals surface area contributed by atoms with Crippen LogP contribution in [0.15, 0.2) is 34.4 Å². The fourth-order valence-corrected chi connectivity index (χ4v) is 2.14. The van der Waals surface area contributed by atoms with Crippen molar-refractivity contribution in [3.63, 3.8) is 0 Å². The first kappa shape index (κ1) is 12.5. The minimum Gasteiger partial charge on any atom is -0.478 e. The minimum absolute atomic E-state index is 0.0697. The number of H-pyrrole nitrogens is 1. The van der Waals surface area contributed by atoms with Gasteiger partial charge in [0.1, 0.15) is 0 Å². The Labute approximate surface area is 107 Å². The van der Waals surface area contributed by atoms with Crippen molar-refractivity contribution >= 4 is 17.3 Å². The molecule has 0 bridgehead atoms. The van der Waals surface area contributed by atoms with Gasteiger partial charge in [-0.05, 0) is 17.7 Å². The molecule has 0 amide bonds. The molecule has 1 heterocycles. The molecule has 5 nitrogen and oxygen atoms in total. The molecule has 2 rings (SSSR count). The topological polar surface area (TPSA) is 82.2 Å². The van der Waals surface area contributed by atoms with Crippen molar-refractivity contribution in [1.82, 2.24) is 10.3 Å². The van der Waals surface area contributed by atoms with Crippen LogP contribution in [-0.2, 0) is 13.1 Å². The van der Waals surface area contributed by atoms with Crippen LogP contribution in [-0.4, -0.2) is 16.1 Å². The first-order valence-electron chi connectivity index (χ1n) is 5.35. The predicted molar refractivity (Wildman–Crippen MR) is 68.9 cm³/mol. The third-order valence-electron chi connectivity index (χ3n) is 2.39. The maximum Gasteiger partial charge on any atom is 0.335 e. The zero-order valence-corrected chi connectivity index (χ0v) is 10.3. The number of aromatic amines is 1. The van der Waals surface area contributed by atoms with Crippen molar-refractivity contribution in [3.05, 3.63) is 56.1 Å². The van der Waals surface area contributed by atoms with Crippen LogP contribution < -0.4 is 10.2 Å². The third-order valence-corrected chi connectivity index (χ3v) is 3.11. The quantitative estimate of drug-likeness (QED) is 0.763. The highest BCUT2D eigenvalue weighted by molar-refractivity contribution is 7.07. The Balaban J connectivity index is 1.92. The number of carboxylic acids is 1. The van der Waals surface area contributed by atoms with Gasteiger partial charge in [-0.3, -0.25) is 4.79 Å². The summed E-state index contributed by atoms with van der Waals surface area (Å²) in [6, 6.07) is 6.76. The third kappa shape index (κ3) is 3.28. The molecule has 3 N–H and O–H groups in total. The number of nitrogens with one attached hydrogen (secondary N) is 2. The van der Waals surface area contributed by atoms with E-state index in [-0.39, 0.29) is 10.4 Å². The van der Waals surface area contributed by atoms with E-state index in [4.69, 9.17) is 5.11 Å². The van der Waals surface area contributed by atoms with Crippen LogP contribution in [0.25, 0.3) is 0 Å². The van der Waals surface area contributed by atoms with E-state index in [0.717, 1.165) is 22.6 Å². The summed E-state index contributed by atoms with van der Waals surface area (Å²) in [6.07, 6.45) is 0. The zero-order chi connectivity index (χ0) is 13.0. The maximum atomic E-state index is 10.9. The van der Waals surface area contributed by atoms with E-state index in [9.17, 15) is 9.59 Å². The molecule has 0 atom stereocenters. The van der Waals surface area contributed by atoms with Crippen molar-refractivity contribution in [2.45, 2.75) is 13.1 Å². The van der Waals surface area contributed by atoms with Crippen LogP contribution in [0.4, 0.5) is 0 Å². The molecule has 94 valence electrons. The highest BCUT2D eigenvalue weighted by Gasteiger charge is 2.03. The van der Waals surface area contributed by atoms with E-state index in [1.54, 1.807) is 23.6 Å². The van der Waals surface area contributed by atoms with Crippen molar-refractivity contribution in [2.24, 2.45) is 0 Å². The van der Waals surface area contributed by atoms with E-state index in [0.29, 0.717) is 13.1 Å². The molecule has 0 aliphatic rings. The number of aromatic carboxylic acids is 1. The Morgan fingerprint density at radius 1 is 1.39 bits per heavy atom. The first-order valence-corrected chi connectivity index (χ1v) is 6.23. The van der Waals surface area contributed by atoms with Gasteiger partial charge in [-0.25, -0.2) is 4.79 Å². The number of thiazole rings is 1. The smallest absolute Gasteiger partial charge is 0.335 e. The lowest BCUT2D eigenvalue weighted by Crippen LogP contribution is -2.14. The predicted octanol–water partition coefficient (Wildman–Crippen LogP) is 1.42. The Kier molecular flexibility index (Phi) is 3.91. The molecule has 18 heavy (non-hydrogen) atoms. The van der Waals surface area contributed by atoms with E-state index >= 15 is 0 Å². The molecule has 0 saturated heterocycles. The summed E-state index contributed by atoms with van der Waals surface area (Å²) in [5, 5.41) is 13.8. The molecule has 0 aliphatic heterocycles. The highest BCUT2D eigenvalue weighted by Crippen LogP contribution is 2.05. The molecule has 1 aromatic heterocycles. The summed E-state index contributed by atoms with van der Waals surface area (Å²) in [5.41, 5.74) is 2.00. The van der Waals surface area contributed by atoms with Crippen LogP contribution in [0.3, 0.4) is 0 Å². The lowest BCUT2D eigenvalue weighted by atomic mass is 10.1. The zero-order valence-electron chi connectivity index (χ0n) is 9.47. The summed E-state index contributed by atoms with van der Waals surface area (Å²) in [7, 11) is 0. The Hall–Kier alpha value is -1.92. The molecule has 6 heteroatoms. The molecule has 0 radical (unpaired) electrons. The molecule has 0 unspecified atom stereocenters. The second-order valence-electron chi connectivity index (χ2n) is 3.78. The van der Waals surface area contributed by atoms with Gasteiger partial charge in [0.25, 0.3) is 0 Å². The summed E-state index contributed by atoms with van der Waals surface area (Å²) in [6.45, 7) is 1.11. The monoisotopic (exact) mass is 264 g/mol. The fraction of sp³-hybridized carbons (Fsp3) is 0.167. The maximum absolute atomic E-state index is 10.9. The molecule has 1 aromatic carbocycles. The standard InChI is InChI=1S/C12H12N2O3S/c15-11(16)9-3-1-2-8(4-9)5-13-6-10-7-18-12(17)14-10/h1-4,7,13H,5-6H2,(H,14,17)(H,15,16). The van der Waals surface area contributed by atoms with Gasteiger partial charge in [0.2, 0.25) is 0 Å². The Bertz CT molecular complexity index is 603. The van der Waals surface area contributed by atoms with Gasteiger partial charge in [-0.1, -0.05) is 23.5 Å². The summed E-state index contributed by atoms with van der Waals surface area (Å²) in [4.78, 5) is 24.3. The normalized spacial score (nSPS) is 10.4. The van der Waals surface area contributed by atoms with Gasteiger partial charge < -0.3 is 15.4 Å². The second-order valence-corrected chi connectivity index (χ2v) is 4.62. The van der Waals surface area contributed by atoms with Crippen LogP contribution in [0.1, 0.15) is 21.6 Å². The molecule has 0 fully saturated rings. The van der Waals surface area contributed by atoms with Gasteiger partial charge in [0, 0.05) is 24.2 Å². The van der Waals surface area contributed by atoms with E-state index in [2.05, 4.69) is 10.3 Å². The number of hydrogen-bond acceptors (Lipinski definition) is 4. The van der Waals surface area contributed by atoms with Crippen LogP contribution >= 0.6 is 11.3 Å². The van der Waals surface area contributed by atoms with Crippen LogP contribution in [0, 0.1) is 0 Å². The summed E-state index contributed by atoms with van der Waals surface area (Å²) >= 11 is 1.13. The lowest BCUT2D eigenvalue weighted by Gasteiger charge is -2.04. The van der Waals surface area contributed by atoms with Crippen molar-refractivity contribution < 1.29 is 9.90 Å². The van der Waals surface area contributed by atoms with Gasteiger partial charge in [0.15, 0.2) is 0 Å². The highest BCUT2D eigenvalue weighted by atomic mass is 32.1. The lowest BCUT2D eigenvalue weighted by molar-refractivity contribution is 0.0696. The first-order chi connectivity index (χ1) is 8.65. The van der Waals surface area contributed by atoms with Crippen molar-refractivity contribution in [3.8, 4) is 0 Å². The van der Waals surface area contributed by atoms with Crippen molar-refractivity contribution in [1.29, 1.82) is 0 Å². The fourth-order valence-electron chi connectivity index (χ4n) is 1.56. The van der Waals surface area contributed by atoms with Crippen molar-refractivity contribution in [2.75, 3.05) is 0 Å². The number of aromatic nitrogens is 1. The molecule has 0 spiro atoms. The largest absolute Gasteiger partial charge is 0.478 e. The summed E-state index contributed by atoms with van der Waals surface area (Å²) in [5.74, 6) is -0.931. The molecule has 0 saturated carbocycles. The average Bonchev–Trinajstić information content (AvgIpc) is 2.75. The SMILES string of the molecule is O=C(O)c1cccc(CNCc2csc(=O)[nH]2)c1.